The fraction of sp³-hybridized carbons (Fsp3) is 0.278. The lowest BCUT2D eigenvalue weighted by Gasteiger charge is -2.21. The van der Waals surface area contributed by atoms with Gasteiger partial charge in [0.2, 0.25) is 5.91 Å². The van der Waals surface area contributed by atoms with Gasteiger partial charge in [0, 0.05) is 19.1 Å². The van der Waals surface area contributed by atoms with Crippen LogP contribution in [-0.2, 0) is 9.53 Å². The number of anilines is 1. The second-order valence-corrected chi connectivity index (χ2v) is 5.29. The number of hydrogen-bond acceptors (Lipinski definition) is 3. The van der Waals surface area contributed by atoms with Crippen molar-refractivity contribution < 1.29 is 14.3 Å². The van der Waals surface area contributed by atoms with Crippen LogP contribution in [-0.4, -0.2) is 19.1 Å². The molecule has 1 amide bonds. The number of nitrogens with one attached hydrogen (secondary N) is 1. The highest BCUT2D eigenvalue weighted by Crippen LogP contribution is 2.30. The van der Waals surface area contributed by atoms with E-state index < -0.39 is 0 Å². The van der Waals surface area contributed by atoms with Crippen LogP contribution in [0.3, 0.4) is 0 Å². The van der Waals surface area contributed by atoms with Crippen LogP contribution >= 0.6 is 0 Å². The van der Waals surface area contributed by atoms with Crippen LogP contribution in [0, 0.1) is 5.92 Å². The van der Waals surface area contributed by atoms with E-state index in [2.05, 4.69) is 5.32 Å². The molecule has 0 atom stereocenters. The first-order chi connectivity index (χ1) is 10.8. The van der Waals surface area contributed by atoms with Crippen LogP contribution in [0.25, 0.3) is 0 Å². The van der Waals surface area contributed by atoms with Crippen molar-refractivity contribution in [3.8, 4) is 11.5 Å². The molecule has 0 aromatic heterocycles. The molecule has 114 valence electrons. The number of para-hydroxylation sites is 3. The zero-order valence-electron chi connectivity index (χ0n) is 12.3. The summed E-state index contributed by atoms with van der Waals surface area (Å²) >= 11 is 0. The second kappa shape index (κ2) is 7.09. The lowest BCUT2D eigenvalue weighted by molar-refractivity contribution is -0.122. The van der Waals surface area contributed by atoms with Gasteiger partial charge < -0.3 is 14.8 Å². The van der Waals surface area contributed by atoms with E-state index in [0.717, 1.165) is 18.6 Å². The lowest BCUT2D eigenvalue weighted by atomic mass is 9.99. The Bertz CT molecular complexity index is 621. The van der Waals surface area contributed by atoms with Crippen LogP contribution in [0.5, 0.6) is 11.5 Å². The molecule has 2 aromatic rings. The number of ether oxygens (including phenoxy) is 2. The van der Waals surface area contributed by atoms with E-state index >= 15 is 0 Å². The maximum atomic E-state index is 12.3. The molecular formula is C18H19NO3. The van der Waals surface area contributed by atoms with Gasteiger partial charge in [-0.25, -0.2) is 0 Å². The number of rotatable bonds is 4. The Hall–Kier alpha value is -2.33. The van der Waals surface area contributed by atoms with E-state index in [1.165, 1.54) is 0 Å². The van der Waals surface area contributed by atoms with Crippen molar-refractivity contribution in [2.45, 2.75) is 12.8 Å². The van der Waals surface area contributed by atoms with Gasteiger partial charge >= 0.3 is 0 Å². The van der Waals surface area contributed by atoms with Gasteiger partial charge in [0.1, 0.15) is 5.75 Å². The maximum absolute atomic E-state index is 12.3. The first-order valence-electron chi connectivity index (χ1n) is 7.53. The van der Waals surface area contributed by atoms with Gasteiger partial charge in [0.25, 0.3) is 0 Å². The van der Waals surface area contributed by atoms with Crippen molar-refractivity contribution in [1.29, 1.82) is 0 Å². The Morgan fingerprint density at radius 2 is 1.68 bits per heavy atom. The average Bonchev–Trinajstić information content (AvgIpc) is 2.58. The van der Waals surface area contributed by atoms with E-state index in [9.17, 15) is 4.79 Å². The molecule has 0 radical (unpaired) electrons. The first kappa shape index (κ1) is 14.6. The van der Waals surface area contributed by atoms with Gasteiger partial charge in [-0.2, -0.15) is 0 Å². The van der Waals surface area contributed by atoms with E-state index in [1.807, 2.05) is 54.6 Å². The molecule has 4 nitrogen and oxygen atoms in total. The van der Waals surface area contributed by atoms with Gasteiger partial charge in [-0.05, 0) is 37.1 Å². The molecule has 0 aliphatic carbocycles. The fourth-order valence-electron chi connectivity index (χ4n) is 2.47. The van der Waals surface area contributed by atoms with E-state index in [4.69, 9.17) is 9.47 Å². The van der Waals surface area contributed by atoms with Crippen molar-refractivity contribution in [3.63, 3.8) is 0 Å². The summed E-state index contributed by atoms with van der Waals surface area (Å²) < 4.78 is 11.2. The molecule has 1 saturated heterocycles. The summed E-state index contributed by atoms with van der Waals surface area (Å²) in [5, 5.41) is 2.98. The van der Waals surface area contributed by atoms with Crippen LogP contribution in [0.15, 0.2) is 54.6 Å². The zero-order chi connectivity index (χ0) is 15.2. The van der Waals surface area contributed by atoms with Crippen LogP contribution in [0.4, 0.5) is 5.69 Å². The summed E-state index contributed by atoms with van der Waals surface area (Å²) in [7, 11) is 0. The average molecular weight is 297 g/mol. The molecule has 4 heteroatoms. The maximum Gasteiger partial charge on any atom is 0.227 e. The van der Waals surface area contributed by atoms with Gasteiger partial charge in [-0.3, -0.25) is 4.79 Å². The van der Waals surface area contributed by atoms with E-state index in [1.54, 1.807) is 0 Å². The molecule has 1 N–H and O–H groups in total. The quantitative estimate of drug-likeness (QED) is 0.932. The Morgan fingerprint density at radius 1 is 1.00 bits per heavy atom. The zero-order valence-corrected chi connectivity index (χ0v) is 12.3. The summed E-state index contributed by atoms with van der Waals surface area (Å²) in [6.07, 6.45) is 1.54. The van der Waals surface area contributed by atoms with Crippen molar-refractivity contribution in [2.75, 3.05) is 18.5 Å². The van der Waals surface area contributed by atoms with E-state index in [-0.39, 0.29) is 11.8 Å². The number of amides is 1. The predicted octanol–water partition coefficient (Wildman–Crippen LogP) is 3.84. The minimum atomic E-state index is 0.0125. The molecule has 0 saturated carbocycles. The molecule has 1 heterocycles. The van der Waals surface area contributed by atoms with Crippen LogP contribution in [0.1, 0.15) is 12.8 Å². The Morgan fingerprint density at radius 3 is 2.45 bits per heavy atom. The molecule has 2 aromatic carbocycles. The third kappa shape index (κ3) is 3.65. The summed E-state index contributed by atoms with van der Waals surface area (Å²) in [6, 6.07) is 17.0. The Labute approximate surface area is 130 Å². The summed E-state index contributed by atoms with van der Waals surface area (Å²) in [5.74, 6) is 1.44. The molecule has 0 bridgehead atoms. The number of carbonyl (C=O) groups excluding carboxylic acids is 1. The summed E-state index contributed by atoms with van der Waals surface area (Å²) in [6.45, 7) is 1.31. The van der Waals surface area contributed by atoms with Gasteiger partial charge in [0.05, 0.1) is 5.69 Å². The smallest absolute Gasteiger partial charge is 0.227 e. The lowest BCUT2D eigenvalue weighted by Crippen LogP contribution is -2.28. The molecule has 1 aliphatic heterocycles. The first-order valence-corrected chi connectivity index (χ1v) is 7.53. The van der Waals surface area contributed by atoms with Gasteiger partial charge in [0.15, 0.2) is 5.75 Å². The topological polar surface area (TPSA) is 47.6 Å². The molecule has 3 rings (SSSR count). The molecule has 22 heavy (non-hydrogen) atoms. The second-order valence-electron chi connectivity index (χ2n) is 5.29. The summed E-state index contributed by atoms with van der Waals surface area (Å²) in [5.41, 5.74) is 0.697. The molecule has 1 aliphatic rings. The monoisotopic (exact) mass is 297 g/mol. The third-order valence-corrected chi connectivity index (χ3v) is 3.71. The number of carbonyl (C=O) groups is 1. The molecule has 0 spiro atoms. The SMILES string of the molecule is O=C(Nc1ccccc1Oc1ccccc1)C1CCOCC1. The normalized spacial score (nSPS) is 15.3. The van der Waals surface area contributed by atoms with Gasteiger partial charge in [-0.1, -0.05) is 30.3 Å². The highest BCUT2D eigenvalue weighted by molar-refractivity contribution is 5.94. The fourth-order valence-corrected chi connectivity index (χ4v) is 2.47. The van der Waals surface area contributed by atoms with Crippen molar-refractivity contribution in [3.05, 3.63) is 54.6 Å². The Balaban J connectivity index is 1.72. The highest BCUT2D eigenvalue weighted by atomic mass is 16.5. The van der Waals surface area contributed by atoms with Crippen molar-refractivity contribution >= 4 is 11.6 Å². The predicted molar refractivity (Wildman–Crippen MR) is 85.1 cm³/mol. The standard InChI is InChI=1S/C18H19NO3/c20-18(14-10-12-21-13-11-14)19-16-8-4-5-9-17(16)22-15-6-2-1-3-7-15/h1-9,14H,10-13H2,(H,19,20). The molecular weight excluding hydrogens is 278 g/mol. The summed E-state index contributed by atoms with van der Waals surface area (Å²) in [4.78, 5) is 12.3. The minimum Gasteiger partial charge on any atom is -0.455 e. The number of benzene rings is 2. The van der Waals surface area contributed by atoms with Crippen LogP contribution < -0.4 is 10.1 Å². The molecule has 0 unspecified atom stereocenters. The minimum absolute atomic E-state index is 0.0125. The molecule has 1 fully saturated rings. The van der Waals surface area contributed by atoms with Crippen LogP contribution in [0.2, 0.25) is 0 Å². The van der Waals surface area contributed by atoms with E-state index in [0.29, 0.717) is 24.7 Å². The largest absolute Gasteiger partial charge is 0.455 e. The third-order valence-electron chi connectivity index (χ3n) is 3.71. The van der Waals surface area contributed by atoms with Crippen molar-refractivity contribution in [1.82, 2.24) is 0 Å². The van der Waals surface area contributed by atoms with Crippen molar-refractivity contribution in [2.24, 2.45) is 5.92 Å². The highest BCUT2D eigenvalue weighted by Gasteiger charge is 2.22. The number of hydrogen-bond donors (Lipinski definition) is 1. The Kier molecular flexibility index (Phi) is 4.71. The van der Waals surface area contributed by atoms with Gasteiger partial charge in [-0.15, -0.1) is 0 Å².